The predicted octanol–water partition coefficient (Wildman–Crippen LogP) is 2.60. The van der Waals surface area contributed by atoms with E-state index in [2.05, 4.69) is 17.1 Å². The molecule has 2 saturated heterocycles. The second kappa shape index (κ2) is 6.16. The van der Waals surface area contributed by atoms with Gasteiger partial charge in [-0.3, -0.25) is 15.0 Å². The average Bonchev–Trinajstić information content (AvgIpc) is 2.93. The van der Waals surface area contributed by atoms with Crippen LogP contribution in [-0.2, 0) is 0 Å². The highest BCUT2D eigenvalue weighted by molar-refractivity contribution is 5.90. The van der Waals surface area contributed by atoms with Gasteiger partial charge >= 0.3 is 6.03 Å². The Morgan fingerprint density at radius 1 is 1.39 bits per heavy atom. The molecule has 1 aromatic rings. The predicted molar refractivity (Wildman–Crippen MR) is 87.6 cm³/mol. The third-order valence-corrected chi connectivity index (χ3v) is 4.84. The standard InChI is InChI=1S/C16H22N4O3/c1-11-8-13(5-6-15(11)20(22)23)17-16(21)19-10-14-4-3-7-18(14)9-12(19)2/h5-6,8,12,14H,3-4,7,9-10H2,1-2H3,(H,17,21)/t12-,14+/m0/s1. The quantitative estimate of drug-likeness (QED) is 0.671. The molecule has 0 radical (unpaired) electrons. The lowest BCUT2D eigenvalue weighted by atomic mass is 10.1. The van der Waals surface area contributed by atoms with E-state index >= 15 is 0 Å². The first-order chi connectivity index (χ1) is 11.0. The molecule has 0 aliphatic carbocycles. The fourth-order valence-electron chi connectivity index (χ4n) is 3.60. The summed E-state index contributed by atoms with van der Waals surface area (Å²) in [6.45, 7) is 6.53. The first kappa shape index (κ1) is 15.7. The fraction of sp³-hybridized carbons (Fsp3) is 0.562. The van der Waals surface area contributed by atoms with Crippen molar-refractivity contribution in [3.8, 4) is 0 Å². The number of anilines is 1. The summed E-state index contributed by atoms with van der Waals surface area (Å²) >= 11 is 0. The Hall–Kier alpha value is -2.15. The molecule has 1 N–H and O–H groups in total. The van der Waals surface area contributed by atoms with Gasteiger partial charge in [-0.25, -0.2) is 4.79 Å². The van der Waals surface area contributed by atoms with Crippen molar-refractivity contribution in [3.05, 3.63) is 33.9 Å². The lowest BCUT2D eigenvalue weighted by Gasteiger charge is -2.42. The Morgan fingerprint density at radius 3 is 2.87 bits per heavy atom. The maximum Gasteiger partial charge on any atom is 0.322 e. The number of nitro groups is 1. The summed E-state index contributed by atoms with van der Waals surface area (Å²) in [4.78, 5) is 27.3. The van der Waals surface area contributed by atoms with Crippen LogP contribution in [0.4, 0.5) is 16.2 Å². The lowest BCUT2D eigenvalue weighted by Crippen LogP contribution is -2.57. The van der Waals surface area contributed by atoms with Crippen LogP contribution < -0.4 is 5.32 Å². The van der Waals surface area contributed by atoms with Crippen LogP contribution in [0, 0.1) is 17.0 Å². The number of nitro benzene ring substituents is 1. The number of carbonyl (C=O) groups excluding carboxylic acids is 1. The third-order valence-electron chi connectivity index (χ3n) is 4.84. The van der Waals surface area contributed by atoms with Crippen molar-refractivity contribution < 1.29 is 9.72 Å². The number of nitrogens with zero attached hydrogens (tertiary/aromatic N) is 3. The zero-order valence-electron chi connectivity index (χ0n) is 13.5. The van der Waals surface area contributed by atoms with Crippen molar-refractivity contribution in [2.75, 3.05) is 25.0 Å². The van der Waals surface area contributed by atoms with Crippen LogP contribution in [0.5, 0.6) is 0 Å². The van der Waals surface area contributed by atoms with Gasteiger partial charge in [0.05, 0.1) is 4.92 Å². The number of benzene rings is 1. The normalized spacial score (nSPS) is 24.3. The number of fused-ring (bicyclic) bond motifs is 1. The highest BCUT2D eigenvalue weighted by atomic mass is 16.6. The van der Waals surface area contributed by atoms with Gasteiger partial charge in [0.1, 0.15) is 0 Å². The lowest BCUT2D eigenvalue weighted by molar-refractivity contribution is -0.385. The molecule has 23 heavy (non-hydrogen) atoms. The van der Waals surface area contributed by atoms with Crippen LogP contribution in [0.3, 0.4) is 0 Å². The number of amides is 2. The zero-order valence-corrected chi connectivity index (χ0v) is 13.5. The Kier molecular flexibility index (Phi) is 4.21. The summed E-state index contributed by atoms with van der Waals surface area (Å²) < 4.78 is 0. The topological polar surface area (TPSA) is 78.7 Å². The van der Waals surface area contributed by atoms with Crippen molar-refractivity contribution in [1.29, 1.82) is 0 Å². The molecule has 7 nitrogen and oxygen atoms in total. The molecular weight excluding hydrogens is 296 g/mol. The van der Waals surface area contributed by atoms with Gasteiger partial charge in [-0.1, -0.05) is 0 Å². The first-order valence-electron chi connectivity index (χ1n) is 8.02. The molecule has 0 bridgehead atoms. The molecule has 124 valence electrons. The van der Waals surface area contributed by atoms with Gasteiger partial charge in [-0.05, 0) is 45.4 Å². The number of piperazine rings is 1. The zero-order chi connectivity index (χ0) is 16.6. The molecule has 0 aromatic heterocycles. The molecule has 2 aliphatic rings. The van der Waals surface area contributed by atoms with E-state index in [1.807, 2.05) is 4.90 Å². The minimum Gasteiger partial charge on any atom is -0.319 e. The molecule has 7 heteroatoms. The Bertz CT molecular complexity index is 634. The van der Waals surface area contributed by atoms with Gasteiger partial charge in [0.25, 0.3) is 5.69 Å². The molecule has 1 aromatic carbocycles. The van der Waals surface area contributed by atoms with E-state index in [4.69, 9.17) is 0 Å². The number of urea groups is 1. The molecule has 2 fully saturated rings. The fourth-order valence-corrected chi connectivity index (χ4v) is 3.60. The van der Waals surface area contributed by atoms with Crippen LogP contribution in [0.25, 0.3) is 0 Å². The highest BCUT2D eigenvalue weighted by Crippen LogP contribution is 2.26. The summed E-state index contributed by atoms with van der Waals surface area (Å²) in [6.07, 6.45) is 2.35. The summed E-state index contributed by atoms with van der Waals surface area (Å²) in [7, 11) is 0. The highest BCUT2D eigenvalue weighted by Gasteiger charge is 2.36. The van der Waals surface area contributed by atoms with Crippen molar-refractivity contribution in [1.82, 2.24) is 9.80 Å². The number of hydrogen-bond acceptors (Lipinski definition) is 4. The van der Waals surface area contributed by atoms with Gasteiger partial charge in [0, 0.05) is 42.5 Å². The number of hydrogen-bond donors (Lipinski definition) is 1. The van der Waals surface area contributed by atoms with E-state index in [0.29, 0.717) is 17.3 Å². The van der Waals surface area contributed by atoms with E-state index in [0.717, 1.165) is 26.1 Å². The van der Waals surface area contributed by atoms with E-state index in [-0.39, 0.29) is 17.8 Å². The van der Waals surface area contributed by atoms with Crippen molar-refractivity contribution in [2.45, 2.75) is 38.8 Å². The second-order valence-electron chi connectivity index (χ2n) is 6.48. The minimum absolute atomic E-state index is 0.0657. The minimum atomic E-state index is -0.414. The molecule has 0 saturated carbocycles. The average molecular weight is 318 g/mol. The maximum absolute atomic E-state index is 12.6. The van der Waals surface area contributed by atoms with Crippen LogP contribution in [0.1, 0.15) is 25.3 Å². The molecule has 2 heterocycles. The summed E-state index contributed by atoms with van der Waals surface area (Å²) in [5, 5.41) is 13.7. The largest absolute Gasteiger partial charge is 0.322 e. The maximum atomic E-state index is 12.6. The van der Waals surface area contributed by atoms with E-state index < -0.39 is 4.92 Å². The monoisotopic (exact) mass is 318 g/mol. The number of aryl methyl sites for hydroxylation is 1. The van der Waals surface area contributed by atoms with Gasteiger partial charge in [-0.15, -0.1) is 0 Å². The Balaban J connectivity index is 1.69. The van der Waals surface area contributed by atoms with Crippen LogP contribution in [0.15, 0.2) is 18.2 Å². The summed E-state index contributed by atoms with van der Waals surface area (Å²) in [6, 6.07) is 5.17. The SMILES string of the molecule is Cc1cc(NC(=O)N2C[C@H]3CCCN3C[C@@H]2C)ccc1[N+](=O)[O-]. The number of nitrogens with one attached hydrogen (secondary N) is 1. The van der Waals surface area contributed by atoms with Crippen molar-refractivity contribution >= 4 is 17.4 Å². The van der Waals surface area contributed by atoms with Crippen LogP contribution in [0.2, 0.25) is 0 Å². The smallest absolute Gasteiger partial charge is 0.319 e. The first-order valence-corrected chi connectivity index (χ1v) is 8.02. The van der Waals surface area contributed by atoms with E-state index in [1.165, 1.54) is 12.5 Å². The van der Waals surface area contributed by atoms with Crippen molar-refractivity contribution in [3.63, 3.8) is 0 Å². The van der Waals surface area contributed by atoms with Gasteiger partial charge in [-0.2, -0.15) is 0 Å². The number of rotatable bonds is 2. The van der Waals surface area contributed by atoms with Crippen LogP contribution >= 0.6 is 0 Å². The van der Waals surface area contributed by atoms with Gasteiger partial charge < -0.3 is 10.2 Å². The molecule has 2 aliphatic heterocycles. The molecule has 2 amide bonds. The Labute approximate surface area is 135 Å². The molecular formula is C16H22N4O3. The van der Waals surface area contributed by atoms with Crippen molar-refractivity contribution in [2.24, 2.45) is 0 Å². The van der Waals surface area contributed by atoms with Gasteiger partial charge in [0.2, 0.25) is 0 Å². The molecule has 0 spiro atoms. The molecule has 2 atom stereocenters. The number of carbonyl (C=O) groups is 1. The second-order valence-corrected chi connectivity index (χ2v) is 6.48. The Morgan fingerprint density at radius 2 is 2.17 bits per heavy atom. The molecule has 3 rings (SSSR count). The van der Waals surface area contributed by atoms with Crippen LogP contribution in [-0.4, -0.2) is 52.5 Å². The molecule has 0 unspecified atom stereocenters. The van der Waals surface area contributed by atoms with E-state index in [9.17, 15) is 14.9 Å². The van der Waals surface area contributed by atoms with E-state index in [1.54, 1.807) is 19.1 Å². The van der Waals surface area contributed by atoms with Gasteiger partial charge in [0.15, 0.2) is 0 Å². The summed E-state index contributed by atoms with van der Waals surface area (Å²) in [5.41, 5.74) is 1.21. The summed E-state index contributed by atoms with van der Waals surface area (Å²) in [5.74, 6) is 0. The third kappa shape index (κ3) is 3.14.